The van der Waals surface area contributed by atoms with E-state index in [2.05, 4.69) is 15.2 Å². The zero-order chi connectivity index (χ0) is 22.5. The maximum Gasteiger partial charge on any atom is 0.410 e. The summed E-state index contributed by atoms with van der Waals surface area (Å²) in [5.41, 5.74) is -0.0964. The number of amides is 1. The molecule has 2 aliphatic heterocycles. The summed E-state index contributed by atoms with van der Waals surface area (Å²) in [5.74, 6) is 2.34. The van der Waals surface area contributed by atoms with Crippen LogP contribution in [0.4, 0.5) is 4.79 Å². The van der Waals surface area contributed by atoms with Crippen LogP contribution in [-0.4, -0.2) is 78.9 Å². The van der Waals surface area contributed by atoms with Crippen LogP contribution in [0.5, 0.6) is 0 Å². The van der Waals surface area contributed by atoms with Crippen molar-refractivity contribution >= 4 is 12.1 Å². The number of nitrogens with zero attached hydrogens (tertiary/aromatic N) is 3. The van der Waals surface area contributed by atoms with E-state index in [1.807, 2.05) is 32.7 Å². The predicted octanol–water partition coefficient (Wildman–Crippen LogP) is 3.63. The van der Waals surface area contributed by atoms with Crippen LogP contribution in [0.1, 0.15) is 72.1 Å². The molecule has 0 aromatic rings. The fraction of sp³-hybridized carbons (Fsp3) is 0.920. The fourth-order valence-electron chi connectivity index (χ4n) is 6.55. The van der Waals surface area contributed by atoms with Gasteiger partial charge in [-0.2, -0.15) is 0 Å². The summed E-state index contributed by atoms with van der Waals surface area (Å²) in [6.45, 7) is 9.48. The van der Waals surface area contributed by atoms with Gasteiger partial charge in [-0.3, -0.25) is 4.99 Å². The average Bonchev–Trinajstić information content (AvgIpc) is 3.43. The fourth-order valence-corrected chi connectivity index (χ4v) is 6.55. The highest BCUT2D eigenvalue weighted by Crippen LogP contribution is 2.62. The molecule has 3 aliphatic carbocycles. The standard InChI is InChI=1S/C25H42N4O3/c1-24(2,3)32-23(30)29(16-17-6-7-17)18-8-13-28(14-9-18)22(26-4)27-20-19-10-15-31-21(19)25(20)11-5-12-25/h17-21H,5-16H2,1-4H3,(H,26,27). The van der Waals surface area contributed by atoms with Crippen LogP contribution in [0, 0.1) is 17.3 Å². The Morgan fingerprint density at radius 1 is 1.19 bits per heavy atom. The van der Waals surface area contributed by atoms with Crippen LogP contribution in [0.2, 0.25) is 0 Å². The number of fused-ring (bicyclic) bond motifs is 2. The molecule has 0 radical (unpaired) electrons. The Labute approximate surface area is 193 Å². The number of hydrogen-bond donors (Lipinski definition) is 1. The Morgan fingerprint density at radius 2 is 1.91 bits per heavy atom. The molecule has 1 amide bonds. The van der Waals surface area contributed by atoms with Crippen LogP contribution in [0.25, 0.3) is 0 Å². The average molecular weight is 447 g/mol. The maximum atomic E-state index is 12.9. The molecule has 2 heterocycles. The Kier molecular flexibility index (Phi) is 5.83. The number of carbonyl (C=O) groups is 1. The van der Waals surface area contributed by atoms with Gasteiger partial charge in [0.15, 0.2) is 5.96 Å². The van der Waals surface area contributed by atoms with Gasteiger partial charge in [-0.25, -0.2) is 4.79 Å². The van der Waals surface area contributed by atoms with E-state index in [4.69, 9.17) is 9.47 Å². The van der Waals surface area contributed by atoms with Gasteiger partial charge in [-0.05, 0) is 71.6 Å². The highest BCUT2D eigenvalue weighted by Gasteiger charge is 2.66. The first-order valence-corrected chi connectivity index (χ1v) is 12.9. The molecule has 180 valence electrons. The summed E-state index contributed by atoms with van der Waals surface area (Å²) in [4.78, 5) is 22.0. The molecule has 2 saturated heterocycles. The van der Waals surface area contributed by atoms with Gasteiger partial charge in [0.05, 0.1) is 6.10 Å². The lowest BCUT2D eigenvalue weighted by Gasteiger charge is -2.63. The Morgan fingerprint density at radius 3 is 2.47 bits per heavy atom. The third-order valence-electron chi connectivity index (χ3n) is 8.52. The van der Waals surface area contributed by atoms with E-state index >= 15 is 0 Å². The van der Waals surface area contributed by atoms with Crippen molar-refractivity contribution in [2.24, 2.45) is 22.2 Å². The molecule has 1 spiro atoms. The molecular weight excluding hydrogens is 404 g/mol. The lowest BCUT2D eigenvalue weighted by molar-refractivity contribution is -0.171. The molecular formula is C25H42N4O3. The number of nitrogens with one attached hydrogen (secondary N) is 1. The molecule has 5 rings (SSSR count). The van der Waals surface area contributed by atoms with Crippen molar-refractivity contribution in [2.45, 2.75) is 95.9 Å². The van der Waals surface area contributed by atoms with Gasteiger partial charge >= 0.3 is 6.09 Å². The van der Waals surface area contributed by atoms with Crippen LogP contribution in [0.3, 0.4) is 0 Å². The maximum absolute atomic E-state index is 12.9. The van der Waals surface area contributed by atoms with Gasteiger partial charge in [0.2, 0.25) is 0 Å². The minimum Gasteiger partial charge on any atom is -0.444 e. The highest BCUT2D eigenvalue weighted by atomic mass is 16.6. The van der Waals surface area contributed by atoms with Crippen molar-refractivity contribution < 1.29 is 14.3 Å². The molecule has 0 aromatic carbocycles. The van der Waals surface area contributed by atoms with Crippen molar-refractivity contribution in [3.05, 3.63) is 0 Å². The molecule has 0 bridgehead atoms. The zero-order valence-electron chi connectivity index (χ0n) is 20.4. The smallest absolute Gasteiger partial charge is 0.410 e. The molecule has 1 N–H and O–H groups in total. The number of likely N-dealkylation sites (tertiary alicyclic amines) is 1. The highest BCUT2D eigenvalue weighted by molar-refractivity contribution is 5.80. The first-order chi connectivity index (χ1) is 15.3. The van der Waals surface area contributed by atoms with Gasteiger partial charge in [-0.1, -0.05) is 6.42 Å². The van der Waals surface area contributed by atoms with Gasteiger partial charge in [-0.15, -0.1) is 0 Å². The summed E-state index contributed by atoms with van der Waals surface area (Å²) in [6, 6.07) is 0.766. The van der Waals surface area contributed by atoms with E-state index < -0.39 is 5.60 Å². The van der Waals surface area contributed by atoms with E-state index in [1.165, 1.54) is 38.5 Å². The van der Waals surface area contributed by atoms with Gasteiger partial charge < -0.3 is 24.6 Å². The van der Waals surface area contributed by atoms with Crippen molar-refractivity contribution in [2.75, 3.05) is 33.3 Å². The molecule has 3 unspecified atom stereocenters. The minimum absolute atomic E-state index is 0.140. The number of ether oxygens (including phenoxy) is 2. The Hall–Kier alpha value is -1.50. The normalized spacial score (nSPS) is 32.2. The van der Waals surface area contributed by atoms with Crippen molar-refractivity contribution in [1.82, 2.24) is 15.1 Å². The van der Waals surface area contributed by atoms with Crippen LogP contribution >= 0.6 is 0 Å². The monoisotopic (exact) mass is 446 g/mol. The molecule has 7 nitrogen and oxygen atoms in total. The third-order valence-corrected chi connectivity index (χ3v) is 8.52. The number of hydrogen-bond acceptors (Lipinski definition) is 4. The van der Waals surface area contributed by atoms with E-state index in [-0.39, 0.29) is 12.1 Å². The Bertz CT molecular complexity index is 732. The topological polar surface area (TPSA) is 66.4 Å². The number of carbonyl (C=O) groups excluding carboxylic acids is 1. The van der Waals surface area contributed by atoms with Gasteiger partial charge in [0.1, 0.15) is 5.60 Å². The first kappa shape index (κ1) is 22.3. The SMILES string of the molecule is CN=C(NC1C2CCOC2C12CCC2)N1CCC(N(CC2CC2)C(=O)OC(C)(C)C)CC1. The molecule has 3 atom stereocenters. The van der Waals surface area contributed by atoms with Crippen molar-refractivity contribution in [3.63, 3.8) is 0 Å². The number of rotatable bonds is 4. The third kappa shape index (κ3) is 4.10. The minimum atomic E-state index is -0.451. The van der Waals surface area contributed by atoms with Crippen LogP contribution < -0.4 is 5.32 Å². The quantitative estimate of drug-likeness (QED) is 0.528. The summed E-state index contributed by atoms with van der Waals surface area (Å²) >= 11 is 0. The second-order valence-corrected chi connectivity index (χ2v) is 11.8. The number of guanidine groups is 1. The predicted molar refractivity (Wildman–Crippen MR) is 125 cm³/mol. The molecule has 0 aromatic heterocycles. The summed E-state index contributed by atoms with van der Waals surface area (Å²) < 4.78 is 11.9. The molecule has 5 fully saturated rings. The second kappa shape index (κ2) is 8.37. The molecule has 32 heavy (non-hydrogen) atoms. The van der Waals surface area contributed by atoms with E-state index in [0.717, 1.165) is 45.0 Å². The number of piperidine rings is 1. The lowest BCUT2D eigenvalue weighted by Crippen LogP contribution is -2.72. The molecule has 3 saturated carbocycles. The van der Waals surface area contributed by atoms with E-state index in [0.29, 0.717) is 29.4 Å². The number of aliphatic imine (C=N–C) groups is 1. The Balaban J connectivity index is 1.19. The lowest BCUT2D eigenvalue weighted by atomic mass is 9.46. The van der Waals surface area contributed by atoms with Crippen LogP contribution in [-0.2, 0) is 9.47 Å². The molecule has 5 aliphatic rings. The van der Waals surface area contributed by atoms with Crippen molar-refractivity contribution in [3.8, 4) is 0 Å². The second-order valence-electron chi connectivity index (χ2n) is 11.8. The van der Waals surface area contributed by atoms with Gasteiger partial charge in [0, 0.05) is 56.7 Å². The largest absolute Gasteiger partial charge is 0.444 e. The van der Waals surface area contributed by atoms with Crippen molar-refractivity contribution in [1.29, 1.82) is 0 Å². The molecule has 7 heteroatoms. The van der Waals surface area contributed by atoms with Crippen LogP contribution in [0.15, 0.2) is 4.99 Å². The van der Waals surface area contributed by atoms with Gasteiger partial charge in [0.25, 0.3) is 0 Å². The van der Waals surface area contributed by atoms with E-state index in [1.54, 1.807) is 0 Å². The summed E-state index contributed by atoms with van der Waals surface area (Å²) in [5, 5.41) is 3.87. The summed E-state index contributed by atoms with van der Waals surface area (Å²) in [6.07, 6.45) is 9.84. The first-order valence-electron chi connectivity index (χ1n) is 12.9. The zero-order valence-corrected chi connectivity index (χ0v) is 20.4. The summed E-state index contributed by atoms with van der Waals surface area (Å²) in [7, 11) is 1.91. The van der Waals surface area contributed by atoms with E-state index in [9.17, 15) is 4.79 Å².